The summed E-state index contributed by atoms with van der Waals surface area (Å²) < 4.78 is 34.2. The molecule has 1 aromatic carbocycles. The monoisotopic (exact) mass is 358 g/mol. The molecule has 2 aliphatic rings. The molecular formula is C13H11BrO5S. The van der Waals surface area contributed by atoms with E-state index in [1.165, 1.54) is 0 Å². The summed E-state index contributed by atoms with van der Waals surface area (Å²) in [4.78, 5) is 12.2. The summed E-state index contributed by atoms with van der Waals surface area (Å²) in [6.45, 7) is 1.49. The maximum atomic E-state index is 12.2. The van der Waals surface area contributed by atoms with Crippen LogP contribution in [-0.4, -0.2) is 32.3 Å². The van der Waals surface area contributed by atoms with Crippen LogP contribution in [0.1, 0.15) is 12.5 Å². The minimum absolute atomic E-state index is 0.176. The highest BCUT2D eigenvalue weighted by Crippen LogP contribution is 2.43. The third-order valence-electron chi connectivity index (χ3n) is 3.44. The zero-order valence-corrected chi connectivity index (χ0v) is 13.0. The summed E-state index contributed by atoms with van der Waals surface area (Å²) >= 11 is 3.37. The van der Waals surface area contributed by atoms with Crippen LogP contribution in [0, 0.1) is 0 Å². The third-order valence-corrected chi connectivity index (χ3v) is 5.25. The number of fused-ring (bicyclic) bond motifs is 1. The van der Waals surface area contributed by atoms with Gasteiger partial charge in [-0.3, -0.25) is 4.18 Å². The number of carbonyl (C=O) groups is 1. The zero-order chi connectivity index (χ0) is 14.5. The fourth-order valence-corrected chi connectivity index (χ4v) is 4.18. The Bertz CT molecular complexity index is 737. The van der Waals surface area contributed by atoms with Crippen LogP contribution in [0.5, 0.6) is 0 Å². The average Bonchev–Trinajstić information content (AvgIpc) is 2.61. The smallest absolute Gasteiger partial charge is 0.339 e. The minimum atomic E-state index is -3.66. The molecule has 1 atom stereocenters. The highest BCUT2D eigenvalue weighted by molar-refractivity contribution is 9.10. The van der Waals surface area contributed by atoms with E-state index >= 15 is 0 Å². The van der Waals surface area contributed by atoms with Gasteiger partial charge in [0.2, 0.25) is 0 Å². The van der Waals surface area contributed by atoms with Crippen LogP contribution in [0.3, 0.4) is 0 Å². The van der Waals surface area contributed by atoms with Crippen molar-refractivity contribution in [2.24, 2.45) is 0 Å². The molecule has 0 aromatic heterocycles. The van der Waals surface area contributed by atoms with Gasteiger partial charge in [-0.25, -0.2) is 4.79 Å². The fourth-order valence-electron chi connectivity index (χ4n) is 2.40. The lowest BCUT2D eigenvalue weighted by molar-refractivity contribution is -0.146. The van der Waals surface area contributed by atoms with Crippen LogP contribution in [-0.2, 0) is 23.8 Å². The average molecular weight is 359 g/mol. The van der Waals surface area contributed by atoms with Gasteiger partial charge in [-0.1, -0.05) is 34.1 Å². The van der Waals surface area contributed by atoms with Crippen molar-refractivity contribution >= 4 is 37.6 Å². The third kappa shape index (κ3) is 2.10. The van der Waals surface area contributed by atoms with Crippen LogP contribution in [0.4, 0.5) is 0 Å². The van der Waals surface area contributed by atoms with E-state index < -0.39 is 21.7 Å². The van der Waals surface area contributed by atoms with Crippen LogP contribution in [0.15, 0.2) is 34.3 Å². The summed E-state index contributed by atoms with van der Waals surface area (Å²) in [6, 6.07) is 7.14. The summed E-state index contributed by atoms with van der Waals surface area (Å²) in [7, 11) is -3.66. The Hall–Kier alpha value is -1.18. The maximum Gasteiger partial charge on any atom is 0.339 e. The zero-order valence-electron chi connectivity index (χ0n) is 10.6. The molecule has 0 amide bonds. The van der Waals surface area contributed by atoms with Crippen molar-refractivity contribution in [1.29, 1.82) is 0 Å². The van der Waals surface area contributed by atoms with Crippen LogP contribution < -0.4 is 0 Å². The molecule has 3 rings (SSSR count). The van der Waals surface area contributed by atoms with Crippen molar-refractivity contribution in [1.82, 2.24) is 0 Å². The van der Waals surface area contributed by atoms with Gasteiger partial charge in [0, 0.05) is 15.6 Å². The number of ether oxygens (including phenoxy) is 1. The molecule has 106 valence electrons. The Morgan fingerprint density at radius 2 is 2.00 bits per heavy atom. The highest BCUT2D eigenvalue weighted by Gasteiger charge is 2.50. The van der Waals surface area contributed by atoms with E-state index in [1.54, 1.807) is 25.1 Å². The predicted molar refractivity (Wildman–Crippen MR) is 75.3 cm³/mol. The number of halogens is 1. The molecule has 20 heavy (non-hydrogen) atoms. The highest BCUT2D eigenvalue weighted by atomic mass is 79.9. The first-order chi connectivity index (χ1) is 9.32. The minimum Gasteiger partial charge on any atom is -0.449 e. The van der Waals surface area contributed by atoms with Gasteiger partial charge in [0.1, 0.15) is 12.4 Å². The van der Waals surface area contributed by atoms with Crippen LogP contribution >= 0.6 is 15.9 Å². The molecule has 0 N–H and O–H groups in total. The first-order valence-corrected chi connectivity index (χ1v) is 8.28. The van der Waals surface area contributed by atoms with E-state index in [1.807, 2.05) is 6.07 Å². The van der Waals surface area contributed by atoms with E-state index in [2.05, 4.69) is 15.9 Å². The Morgan fingerprint density at radius 3 is 2.70 bits per heavy atom. The normalized spacial score (nSPS) is 28.2. The Balaban J connectivity index is 2.23. The molecule has 1 fully saturated rings. The second kappa shape index (κ2) is 4.41. The molecule has 1 unspecified atom stereocenters. The summed E-state index contributed by atoms with van der Waals surface area (Å²) in [5.74, 6) is -0.846. The standard InChI is InChI=1S/C13H11BrO5S/c1-13-7-18-20(16,17)6-9(13)11(12(15)19-13)8-4-2-3-5-10(8)14/h2-5H,6-7H2,1H3. The van der Waals surface area contributed by atoms with Crippen molar-refractivity contribution in [2.75, 3.05) is 12.4 Å². The van der Waals surface area contributed by atoms with Crippen molar-refractivity contribution in [3.63, 3.8) is 0 Å². The lowest BCUT2D eigenvalue weighted by Crippen LogP contribution is -2.42. The number of hydrogen-bond acceptors (Lipinski definition) is 5. The molecular weight excluding hydrogens is 348 g/mol. The molecule has 0 aliphatic carbocycles. The van der Waals surface area contributed by atoms with Crippen molar-refractivity contribution in [3.05, 3.63) is 39.9 Å². The summed E-state index contributed by atoms with van der Waals surface area (Å²) in [5, 5.41) is 0. The van der Waals surface area contributed by atoms with E-state index in [0.717, 1.165) is 0 Å². The molecule has 1 aromatic rings. The maximum absolute atomic E-state index is 12.2. The van der Waals surface area contributed by atoms with E-state index in [9.17, 15) is 13.2 Å². The first kappa shape index (κ1) is 13.8. The fraction of sp³-hybridized carbons (Fsp3) is 0.308. The molecule has 0 spiro atoms. The van der Waals surface area contributed by atoms with Crippen molar-refractivity contribution < 1.29 is 22.1 Å². The van der Waals surface area contributed by atoms with E-state index in [-0.39, 0.29) is 12.4 Å². The van der Waals surface area contributed by atoms with Gasteiger partial charge in [-0.2, -0.15) is 8.42 Å². The Morgan fingerprint density at radius 1 is 1.30 bits per heavy atom. The topological polar surface area (TPSA) is 69.7 Å². The molecule has 7 heteroatoms. The quantitative estimate of drug-likeness (QED) is 0.566. The van der Waals surface area contributed by atoms with Gasteiger partial charge in [0.15, 0.2) is 5.60 Å². The number of rotatable bonds is 1. The molecule has 0 radical (unpaired) electrons. The number of esters is 1. The lowest BCUT2D eigenvalue weighted by atomic mass is 9.92. The molecule has 1 saturated heterocycles. The van der Waals surface area contributed by atoms with Gasteiger partial charge in [-0.05, 0) is 13.0 Å². The first-order valence-electron chi connectivity index (χ1n) is 5.91. The van der Waals surface area contributed by atoms with E-state index in [4.69, 9.17) is 8.92 Å². The molecule has 2 aliphatic heterocycles. The number of carbonyl (C=O) groups excluding carboxylic acids is 1. The van der Waals surface area contributed by atoms with Crippen molar-refractivity contribution in [2.45, 2.75) is 12.5 Å². The largest absolute Gasteiger partial charge is 0.449 e. The van der Waals surface area contributed by atoms with Gasteiger partial charge in [-0.15, -0.1) is 0 Å². The Kier molecular flexibility index (Phi) is 3.04. The van der Waals surface area contributed by atoms with Gasteiger partial charge >= 0.3 is 5.97 Å². The Labute approximate surface area is 124 Å². The second-order valence-corrected chi connectivity index (χ2v) is 7.41. The van der Waals surface area contributed by atoms with Crippen LogP contribution in [0.2, 0.25) is 0 Å². The van der Waals surface area contributed by atoms with Crippen molar-refractivity contribution in [3.8, 4) is 0 Å². The van der Waals surface area contributed by atoms with Gasteiger partial charge < -0.3 is 4.74 Å². The molecule has 2 heterocycles. The molecule has 5 nitrogen and oxygen atoms in total. The number of hydrogen-bond donors (Lipinski definition) is 0. The van der Waals surface area contributed by atoms with Gasteiger partial charge in [0.05, 0.1) is 5.57 Å². The van der Waals surface area contributed by atoms with Crippen LogP contribution in [0.25, 0.3) is 5.57 Å². The van der Waals surface area contributed by atoms with E-state index in [0.29, 0.717) is 21.2 Å². The molecule has 0 bridgehead atoms. The predicted octanol–water partition coefficient (Wildman–Crippen LogP) is 1.88. The number of benzene rings is 1. The second-order valence-electron chi connectivity index (χ2n) is 4.92. The van der Waals surface area contributed by atoms with Gasteiger partial charge in [0.25, 0.3) is 10.1 Å². The SMILES string of the molecule is CC12COS(=O)(=O)CC1=C(c1ccccc1Br)C(=O)O2. The lowest BCUT2D eigenvalue weighted by Gasteiger charge is -2.30. The molecule has 0 saturated carbocycles. The summed E-state index contributed by atoms with van der Waals surface area (Å²) in [6.07, 6.45) is 0. The summed E-state index contributed by atoms with van der Waals surface area (Å²) in [5.41, 5.74) is 0.397.